The average Bonchev–Trinajstić information content (AvgIpc) is 2.82. The Bertz CT molecular complexity index is 321. The van der Waals surface area contributed by atoms with Gasteiger partial charge in [-0.3, -0.25) is 0 Å². The molecule has 5 nitrogen and oxygen atoms in total. The summed E-state index contributed by atoms with van der Waals surface area (Å²) in [5.41, 5.74) is 11.3. The van der Waals surface area contributed by atoms with E-state index in [0.29, 0.717) is 12.6 Å². The van der Waals surface area contributed by atoms with Gasteiger partial charge in [-0.25, -0.2) is 0 Å². The zero-order chi connectivity index (χ0) is 24.1. The molecule has 0 fully saturated rings. The minimum Gasteiger partial charge on any atom is -0.400 e. The number of rotatable bonds is 24. The molecule has 6 heteroatoms. The van der Waals surface area contributed by atoms with Crippen LogP contribution in [0.1, 0.15) is 123 Å². The fraction of sp³-hybridized carbons (Fsp3) is 1.00. The monoisotopic (exact) mass is 475 g/mol. The maximum absolute atomic E-state index is 5.91. The van der Waals surface area contributed by atoms with Gasteiger partial charge in [-0.05, 0) is 31.9 Å². The summed E-state index contributed by atoms with van der Waals surface area (Å²) in [6, 6.07) is 1.55. The molecule has 196 valence electrons. The molecule has 0 aromatic heterocycles. The first-order valence-electron chi connectivity index (χ1n) is 13.9. The third-order valence-electron chi connectivity index (χ3n) is 6.09. The van der Waals surface area contributed by atoms with Crippen LogP contribution in [0.2, 0.25) is 6.04 Å². The maximum Gasteiger partial charge on any atom is 0.320 e. The van der Waals surface area contributed by atoms with E-state index in [-0.39, 0.29) is 0 Å². The smallest absolute Gasteiger partial charge is 0.320 e. The van der Waals surface area contributed by atoms with E-state index < -0.39 is 9.28 Å². The highest BCUT2D eigenvalue weighted by Crippen LogP contribution is 2.13. The zero-order valence-corrected chi connectivity index (χ0v) is 23.6. The SMILES string of the molecule is CCCCCCCCCCCCCCCC(N)CC.CO[SiH](CCCCNCCN)OC. The first-order valence-corrected chi connectivity index (χ1v) is 15.6. The highest BCUT2D eigenvalue weighted by Gasteiger charge is 2.07. The van der Waals surface area contributed by atoms with Crippen molar-refractivity contribution in [1.82, 2.24) is 5.32 Å². The quantitative estimate of drug-likeness (QED) is 0.117. The molecule has 0 saturated heterocycles. The zero-order valence-electron chi connectivity index (χ0n) is 22.5. The standard InChI is InChI=1S/C18H39N.C8H22N2O2Si/c1-3-5-6-7-8-9-10-11-12-13-14-15-16-17-18(19)4-2;1-11-13(12-2)8-4-3-6-10-7-5-9/h18H,3-17,19H2,1-2H3;10,13H,3-9H2,1-2H3. The second kappa shape index (κ2) is 31.0. The molecule has 0 heterocycles. The van der Waals surface area contributed by atoms with Crippen molar-refractivity contribution in [3.63, 3.8) is 0 Å². The molecule has 0 aromatic rings. The van der Waals surface area contributed by atoms with Crippen LogP contribution >= 0.6 is 0 Å². The van der Waals surface area contributed by atoms with Gasteiger partial charge in [0.25, 0.3) is 0 Å². The minimum atomic E-state index is -1.30. The van der Waals surface area contributed by atoms with E-state index in [2.05, 4.69) is 19.2 Å². The number of hydrogen-bond donors (Lipinski definition) is 3. The number of nitrogens with one attached hydrogen (secondary N) is 1. The molecule has 0 saturated carbocycles. The molecular formula is C26H61N3O2Si. The van der Waals surface area contributed by atoms with Crippen molar-refractivity contribution in [3.8, 4) is 0 Å². The molecule has 0 bridgehead atoms. The van der Waals surface area contributed by atoms with Gasteiger partial charge in [0, 0.05) is 33.4 Å². The fourth-order valence-corrected chi connectivity index (χ4v) is 5.03. The van der Waals surface area contributed by atoms with Crippen LogP contribution in [0.25, 0.3) is 0 Å². The van der Waals surface area contributed by atoms with Crippen molar-refractivity contribution in [2.45, 2.75) is 135 Å². The van der Waals surface area contributed by atoms with Crippen molar-refractivity contribution in [3.05, 3.63) is 0 Å². The summed E-state index contributed by atoms with van der Waals surface area (Å²) in [4.78, 5) is 0. The molecule has 0 rings (SSSR count). The number of hydrogen-bond acceptors (Lipinski definition) is 5. The van der Waals surface area contributed by atoms with Crippen molar-refractivity contribution >= 4 is 9.28 Å². The van der Waals surface area contributed by atoms with Crippen LogP contribution in [0, 0.1) is 0 Å². The summed E-state index contributed by atoms with van der Waals surface area (Å²) >= 11 is 0. The van der Waals surface area contributed by atoms with Gasteiger partial charge in [-0.2, -0.15) is 0 Å². The highest BCUT2D eigenvalue weighted by atomic mass is 28.3. The van der Waals surface area contributed by atoms with Crippen LogP contribution in [-0.2, 0) is 8.85 Å². The van der Waals surface area contributed by atoms with Gasteiger partial charge in [-0.1, -0.05) is 104 Å². The molecular weight excluding hydrogens is 414 g/mol. The molecule has 0 amide bonds. The number of nitrogens with two attached hydrogens (primary N) is 2. The highest BCUT2D eigenvalue weighted by molar-refractivity contribution is 6.44. The Morgan fingerprint density at radius 1 is 0.688 bits per heavy atom. The molecule has 0 radical (unpaired) electrons. The molecule has 0 aromatic carbocycles. The second-order valence-electron chi connectivity index (χ2n) is 9.14. The van der Waals surface area contributed by atoms with E-state index in [1.54, 1.807) is 14.2 Å². The van der Waals surface area contributed by atoms with Gasteiger partial charge in [0.2, 0.25) is 0 Å². The van der Waals surface area contributed by atoms with Crippen LogP contribution in [0.4, 0.5) is 0 Å². The van der Waals surface area contributed by atoms with Crippen LogP contribution in [0.5, 0.6) is 0 Å². The lowest BCUT2D eigenvalue weighted by Gasteiger charge is -2.10. The van der Waals surface area contributed by atoms with E-state index in [9.17, 15) is 0 Å². The van der Waals surface area contributed by atoms with E-state index in [4.69, 9.17) is 20.3 Å². The topological polar surface area (TPSA) is 82.5 Å². The van der Waals surface area contributed by atoms with Crippen molar-refractivity contribution in [1.29, 1.82) is 0 Å². The lowest BCUT2D eigenvalue weighted by Crippen LogP contribution is -2.24. The third kappa shape index (κ3) is 30.0. The lowest BCUT2D eigenvalue weighted by atomic mass is 10.0. The Morgan fingerprint density at radius 2 is 1.19 bits per heavy atom. The Labute approximate surface area is 204 Å². The summed E-state index contributed by atoms with van der Waals surface area (Å²) in [5, 5.41) is 3.25. The lowest BCUT2D eigenvalue weighted by molar-refractivity contribution is 0.276. The molecule has 5 N–H and O–H groups in total. The number of unbranched alkanes of at least 4 members (excludes halogenated alkanes) is 13. The Kier molecular flexibility index (Phi) is 33.1. The van der Waals surface area contributed by atoms with Gasteiger partial charge in [-0.15, -0.1) is 0 Å². The predicted molar refractivity (Wildman–Crippen MR) is 146 cm³/mol. The van der Waals surface area contributed by atoms with E-state index in [1.165, 1.54) is 103 Å². The Hall–Kier alpha value is 0.0169. The van der Waals surface area contributed by atoms with Gasteiger partial charge in [0.05, 0.1) is 0 Å². The first kappa shape index (κ1) is 34.2. The average molecular weight is 476 g/mol. The first-order chi connectivity index (χ1) is 15.7. The molecule has 0 aliphatic carbocycles. The van der Waals surface area contributed by atoms with E-state index >= 15 is 0 Å². The summed E-state index contributed by atoms with van der Waals surface area (Å²) in [6.07, 6.45) is 23.3. The van der Waals surface area contributed by atoms with Crippen molar-refractivity contribution < 1.29 is 8.85 Å². The summed E-state index contributed by atoms with van der Waals surface area (Å²) < 4.78 is 10.4. The molecule has 1 atom stereocenters. The molecule has 1 unspecified atom stereocenters. The third-order valence-corrected chi connectivity index (χ3v) is 8.02. The normalized spacial score (nSPS) is 12.1. The van der Waals surface area contributed by atoms with Gasteiger partial charge in [0.15, 0.2) is 0 Å². The van der Waals surface area contributed by atoms with Gasteiger partial charge in [0.1, 0.15) is 0 Å². The predicted octanol–water partition coefficient (Wildman–Crippen LogP) is 6.03. The molecule has 0 aliphatic heterocycles. The summed E-state index contributed by atoms with van der Waals surface area (Å²) in [5.74, 6) is 0. The minimum absolute atomic E-state index is 0.452. The van der Waals surface area contributed by atoms with Crippen LogP contribution < -0.4 is 16.8 Å². The Balaban J connectivity index is 0. The van der Waals surface area contributed by atoms with E-state index in [0.717, 1.165) is 25.6 Å². The molecule has 0 spiro atoms. The molecule has 32 heavy (non-hydrogen) atoms. The largest absolute Gasteiger partial charge is 0.400 e. The van der Waals surface area contributed by atoms with Crippen LogP contribution in [0.3, 0.4) is 0 Å². The van der Waals surface area contributed by atoms with Crippen LogP contribution in [0.15, 0.2) is 0 Å². The van der Waals surface area contributed by atoms with E-state index in [1.807, 2.05) is 0 Å². The summed E-state index contributed by atoms with van der Waals surface area (Å²) in [6.45, 7) is 7.15. The van der Waals surface area contributed by atoms with Crippen LogP contribution in [-0.4, -0.2) is 49.2 Å². The molecule has 0 aliphatic rings. The van der Waals surface area contributed by atoms with Gasteiger partial charge >= 0.3 is 9.28 Å². The second-order valence-corrected chi connectivity index (χ2v) is 11.5. The van der Waals surface area contributed by atoms with Gasteiger partial charge < -0.3 is 25.6 Å². The Morgan fingerprint density at radius 3 is 1.62 bits per heavy atom. The fourth-order valence-electron chi connectivity index (χ4n) is 3.75. The van der Waals surface area contributed by atoms with Crippen molar-refractivity contribution in [2.24, 2.45) is 11.5 Å². The summed E-state index contributed by atoms with van der Waals surface area (Å²) in [7, 11) is 2.16. The maximum atomic E-state index is 5.91. The van der Waals surface area contributed by atoms with Crippen molar-refractivity contribution in [2.75, 3.05) is 33.9 Å².